The highest BCUT2D eigenvalue weighted by atomic mass is 32.2. The minimum absolute atomic E-state index is 0.187. The van der Waals surface area contributed by atoms with Crippen molar-refractivity contribution in [3.8, 4) is 5.69 Å². The summed E-state index contributed by atoms with van der Waals surface area (Å²) in [5.41, 5.74) is 2.17. The molecule has 0 aliphatic rings. The second-order valence-corrected chi connectivity index (χ2v) is 6.33. The fraction of sp³-hybridized carbons (Fsp3) is 0.0588. The Labute approximate surface area is 136 Å². The molecule has 0 saturated heterocycles. The topological polar surface area (TPSA) is 64.0 Å². The summed E-state index contributed by atoms with van der Waals surface area (Å²) in [5, 5.41) is 2.82. The van der Waals surface area contributed by atoms with Crippen LogP contribution in [0.3, 0.4) is 0 Å². The average Bonchev–Trinajstić information content (AvgIpc) is 3.10. The summed E-state index contributed by atoms with van der Waals surface area (Å²) < 4.78 is 13.2. The van der Waals surface area contributed by atoms with Crippen LogP contribution in [0.2, 0.25) is 0 Å². The highest BCUT2D eigenvalue weighted by Crippen LogP contribution is 2.14. The number of nitrogens with zero attached hydrogens (tertiary/aromatic N) is 2. The van der Waals surface area contributed by atoms with Crippen LogP contribution in [0.15, 0.2) is 72.1 Å². The number of imidazole rings is 1. The number of carbonyl (C=O) groups excluding carboxylic acids is 1. The predicted molar refractivity (Wildman–Crippen MR) is 90.3 cm³/mol. The zero-order chi connectivity index (χ0) is 16.2. The van der Waals surface area contributed by atoms with E-state index in [0.29, 0.717) is 11.3 Å². The molecule has 0 fully saturated rings. The van der Waals surface area contributed by atoms with Crippen LogP contribution < -0.4 is 5.32 Å². The van der Waals surface area contributed by atoms with Gasteiger partial charge in [-0.2, -0.15) is 0 Å². The van der Waals surface area contributed by atoms with Gasteiger partial charge in [0.1, 0.15) is 0 Å². The third-order valence-corrected chi connectivity index (χ3v) is 4.31. The largest absolute Gasteiger partial charge is 0.322 e. The lowest BCUT2D eigenvalue weighted by Crippen LogP contribution is -2.11. The Hall–Kier alpha value is -2.73. The maximum Gasteiger partial charge on any atom is 0.255 e. The quantitative estimate of drug-likeness (QED) is 0.802. The highest BCUT2D eigenvalue weighted by Gasteiger charge is 2.07. The van der Waals surface area contributed by atoms with Crippen molar-refractivity contribution in [1.82, 2.24) is 9.55 Å². The van der Waals surface area contributed by atoms with Crippen molar-refractivity contribution in [2.24, 2.45) is 0 Å². The van der Waals surface area contributed by atoms with Crippen LogP contribution in [0.5, 0.6) is 0 Å². The van der Waals surface area contributed by atoms with Crippen LogP contribution in [0, 0.1) is 0 Å². The predicted octanol–water partition coefficient (Wildman–Crippen LogP) is 2.86. The number of hydrogen-bond donors (Lipinski definition) is 1. The van der Waals surface area contributed by atoms with Gasteiger partial charge in [0.2, 0.25) is 0 Å². The summed E-state index contributed by atoms with van der Waals surface area (Å²) in [4.78, 5) is 17.0. The van der Waals surface area contributed by atoms with E-state index in [4.69, 9.17) is 0 Å². The summed E-state index contributed by atoms with van der Waals surface area (Å²) in [6, 6.07) is 14.2. The third kappa shape index (κ3) is 3.54. The number of carbonyl (C=O) groups is 1. The molecule has 1 heterocycles. The Morgan fingerprint density at radius 2 is 1.78 bits per heavy atom. The van der Waals surface area contributed by atoms with Crippen LogP contribution in [0.1, 0.15) is 10.4 Å². The maximum atomic E-state index is 12.2. The zero-order valence-electron chi connectivity index (χ0n) is 12.5. The average molecular weight is 325 g/mol. The first-order valence-corrected chi connectivity index (χ1v) is 8.52. The molecule has 2 aromatic carbocycles. The Kier molecular flexibility index (Phi) is 4.34. The van der Waals surface area contributed by atoms with Gasteiger partial charge in [-0.05, 0) is 48.5 Å². The van der Waals surface area contributed by atoms with Crippen LogP contribution in [-0.4, -0.2) is 25.9 Å². The van der Waals surface area contributed by atoms with Crippen molar-refractivity contribution >= 4 is 22.4 Å². The van der Waals surface area contributed by atoms with E-state index in [1.807, 2.05) is 22.9 Å². The van der Waals surface area contributed by atoms with Crippen molar-refractivity contribution in [1.29, 1.82) is 0 Å². The van der Waals surface area contributed by atoms with Crippen molar-refractivity contribution in [2.75, 3.05) is 11.6 Å². The van der Waals surface area contributed by atoms with E-state index in [0.717, 1.165) is 10.6 Å². The fourth-order valence-corrected chi connectivity index (χ4v) is 2.65. The van der Waals surface area contributed by atoms with Crippen LogP contribution >= 0.6 is 0 Å². The summed E-state index contributed by atoms with van der Waals surface area (Å²) in [5.74, 6) is -0.187. The van der Waals surface area contributed by atoms with E-state index >= 15 is 0 Å². The van der Waals surface area contributed by atoms with Gasteiger partial charge in [-0.25, -0.2) is 4.98 Å². The minimum atomic E-state index is -1.02. The van der Waals surface area contributed by atoms with Gasteiger partial charge in [0.15, 0.2) is 0 Å². The molecular formula is C17H15N3O2S. The normalized spacial score (nSPS) is 11.9. The maximum absolute atomic E-state index is 12.2. The molecule has 0 radical (unpaired) electrons. The Morgan fingerprint density at radius 3 is 2.35 bits per heavy atom. The van der Waals surface area contributed by atoms with Gasteiger partial charge < -0.3 is 9.88 Å². The Balaban J connectivity index is 1.71. The molecule has 3 aromatic rings. The first kappa shape index (κ1) is 15.2. The molecule has 6 heteroatoms. The molecule has 0 saturated carbocycles. The molecule has 1 N–H and O–H groups in total. The fourth-order valence-electron chi connectivity index (χ4n) is 2.13. The number of hydrogen-bond acceptors (Lipinski definition) is 3. The van der Waals surface area contributed by atoms with Crippen molar-refractivity contribution in [3.05, 3.63) is 72.8 Å². The van der Waals surface area contributed by atoms with E-state index < -0.39 is 10.8 Å². The highest BCUT2D eigenvalue weighted by molar-refractivity contribution is 7.84. The molecule has 1 atom stereocenters. The molecule has 0 unspecified atom stereocenters. The lowest BCUT2D eigenvalue weighted by atomic mass is 10.2. The standard InChI is InChI=1S/C17H15N3O2S/c1-23(22)16-8-4-14(5-9-16)19-17(21)13-2-6-15(7-3-13)20-11-10-18-12-20/h2-12H,1H3,(H,19,21)/t23-/m1/s1. The number of aromatic nitrogens is 2. The van der Waals surface area contributed by atoms with E-state index in [1.54, 1.807) is 55.2 Å². The monoisotopic (exact) mass is 325 g/mol. The van der Waals surface area contributed by atoms with Gasteiger partial charge in [0.05, 0.1) is 6.33 Å². The van der Waals surface area contributed by atoms with E-state index in [2.05, 4.69) is 10.3 Å². The van der Waals surface area contributed by atoms with E-state index in [-0.39, 0.29) is 5.91 Å². The SMILES string of the molecule is C[S@@](=O)c1ccc(NC(=O)c2ccc(-n3ccnc3)cc2)cc1. The zero-order valence-corrected chi connectivity index (χ0v) is 13.3. The Bertz CT molecular complexity index is 825. The summed E-state index contributed by atoms with van der Waals surface area (Å²) in [6.45, 7) is 0. The van der Waals surface area contributed by atoms with Crippen LogP contribution in [0.4, 0.5) is 5.69 Å². The van der Waals surface area contributed by atoms with Gasteiger partial charge >= 0.3 is 0 Å². The van der Waals surface area contributed by atoms with Gasteiger partial charge in [-0.1, -0.05) is 0 Å². The second kappa shape index (κ2) is 6.58. The molecule has 3 rings (SSSR count). The molecule has 0 aliphatic carbocycles. The summed E-state index contributed by atoms with van der Waals surface area (Å²) in [6.07, 6.45) is 6.87. The molecule has 0 aliphatic heterocycles. The van der Waals surface area contributed by atoms with Crippen LogP contribution in [-0.2, 0) is 10.8 Å². The third-order valence-electron chi connectivity index (χ3n) is 3.38. The van der Waals surface area contributed by atoms with Crippen molar-refractivity contribution < 1.29 is 9.00 Å². The lowest BCUT2D eigenvalue weighted by Gasteiger charge is -2.07. The van der Waals surface area contributed by atoms with E-state index in [1.165, 1.54) is 0 Å². The van der Waals surface area contributed by atoms with Gasteiger partial charge in [0, 0.05) is 51.3 Å². The molecule has 0 bridgehead atoms. The molecule has 0 spiro atoms. The summed E-state index contributed by atoms with van der Waals surface area (Å²) >= 11 is 0. The number of anilines is 1. The smallest absolute Gasteiger partial charge is 0.255 e. The van der Waals surface area contributed by atoms with Gasteiger partial charge in [0.25, 0.3) is 5.91 Å². The summed E-state index contributed by atoms with van der Waals surface area (Å²) in [7, 11) is -1.02. The number of nitrogens with one attached hydrogen (secondary N) is 1. The van der Waals surface area contributed by atoms with Gasteiger partial charge in [-0.3, -0.25) is 9.00 Å². The number of benzene rings is 2. The van der Waals surface area contributed by atoms with Crippen molar-refractivity contribution in [3.63, 3.8) is 0 Å². The molecule has 1 amide bonds. The first-order valence-electron chi connectivity index (χ1n) is 6.97. The van der Waals surface area contributed by atoms with Gasteiger partial charge in [-0.15, -0.1) is 0 Å². The number of amides is 1. The molecule has 23 heavy (non-hydrogen) atoms. The first-order chi connectivity index (χ1) is 11.1. The molecular weight excluding hydrogens is 310 g/mol. The van der Waals surface area contributed by atoms with E-state index in [9.17, 15) is 9.00 Å². The van der Waals surface area contributed by atoms with Crippen molar-refractivity contribution in [2.45, 2.75) is 4.90 Å². The second-order valence-electron chi connectivity index (χ2n) is 4.95. The Morgan fingerprint density at radius 1 is 1.09 bits per heavy atom. The lowest BCUT2D eigenvalue weighted by molar-refractivity contribution is 0.102. The minimum Gasteiger partial charge on any atom is -0.322 e. The molecule has 1 aromatic heterocycles. The molecule has 116 valence electrons. The molecule has 5 nitrogen and oxygen atoms in total. The van der Waals surface area contributed by atoms with Crippen LogP contribution in [0.25, 0.3) is 5.69 Å². The number of rotatable bonds is 4.